The van der Waals surface area contributed by atoms with Crippen LogP contribution in [0.2, 0.25) is 40.2 Å². The predicted molar refractivity (Wildman–Crippen MR) is 184 cm³/mol. The van der Waals surface area contributed by atoms with E-state index in [1.807, 2.05) is 24.3 Å². The van der Waals surface area contributed by atoms with Crippen LogP contribution in [0.5, 0.6) is 0 Å². The van der Waals surface area contributed by atoms with Crippen LogP contribution in [0.25, 0.3) is 0 Å². The second kappa shape index (κ2) is 12.9. The lowest BCUT2D eigenvalue weighted by Gasteiger charge is -2.08. The van der Waals surface area contributed by atoms with Crippen molar-refractivity contribution < 1.29 is 14.4 Å². The van der Waals surface area contributed by atoms with Gasteiger partial charge in [-0.15, -0.1) is 0 Å². The van der Waals surface area contributed by atoms with E-state index in [-0.39, 0.29) is 80.0 Å². The summed E-state index contributed by atoms with van der Waals surface area (Å²) in [6, 6.07) is 14.2. The third-order valence-electron chi connectivity index (χ3n) is 6.96. The van der Waals surface area contributed by atoms with Crippen LogP contribution in [0.1, 0.15) is 47.8 Å². The van der Waals surface area contributed by atoms with E-state index in [0.717, 1.165) is 11.1 Å². The summed E-state index contributed by atoms with van der Waals surface area (Å²) in [4.78, 5) is 44.7. The van der Waals surface area contributed by atoms with Crippen molar-refractivity contribution in [1.82, 2.24) is 16.0 Å². The van der Waals surface area contributed by atoms with E-state index in [9.17, 15) is 14.4 Å². The van der Waals surface area contributed by atoms with Crippen LogP contribution in [0.15, 0.2) is 58.5 Å². The van der Waals surface area contributed by atoms with Gasteiger partial charge in [-0.1, -0.05) is 111 Å². The molecule has 46 heavy (non-hydrogen) atoms. The van der Waals surface area contributed by atoms with Gasteiger partial charge in [0.05, 0.1) is 73.8 Å². The second-order valence-corrected chi connectivity index (χ2v) is 12.7. The minimum Gasteiger partial charge on any atom is -0.348 e. The first-order valence-corrected chi connectivity index (χ1v) is 15.9. The molecule has 7 rings (SSSR count). The maximum absolute atomic E-state index is 12.4. The molecule has 16 heteroatoms. The first-order chi connectivity index (χ1) is 21.9. The summed E-state index contributed by atoms with van der Waals surface area (Å²) in [6.45, 7) is 0.689. The molecule has 0 aliphatic carbocycles. The molecule has 3 N–H and O–H groups in total. The van der Waals surface area contributed by atoms with Crippen LogP contribution in [-0.4, -0.2) is 29.4 Å². The summed E-state index contributed by atoms with van der Waals surface area (Å²) in [6.07, 6.45) is 0. The third kappa shape index (κ3) is 5.71. The van der Waals surface area contributed by atoms with Crippen LogP contribution in [0.3, 0.4) is 0 Å². The Morgan fingerprint density at radius 2 is 0.870 bits per heavy atom. The average molecular weight is 775 g/mol. The van der Waals surface area contributed by atoms with Gasteiger partial charge in [0.25, 0.3) is 17.7 Å². The van der Waals surface area contributed by atoms with Crippen LogP contribution < -0.4 is 16.0 Å². The predicted octanol–water partition coefficient (Wildman–Crippen LogP) is 9.49. The number of nitrogens with one attached hydrogen (secondary N) is 3. The average Bonchev–Trinajstić information content (AvgIpc) is 3.70. The van der Waals surface area contributed by atoms with E-state index >= 15 is 0 Å². The van der Waals surface area contributed by atoms with E-state index < -0.39 is 11.8 Å². The quantitative estimate of drug-likeness (QED) is 0.139. The molecule has 4 aromatic rings. The molecule has 0 aromatic heterocycles. The van der Waals surface area contributed by atoms with Crippen molar-refractivity contribution in [2.45, 2.75) is 6.54 Å². The minimum atomic E-state index is -0.512. The molecule has 0 saturated heterocycles. The smallest absolute Gasteiger partial charge is 0.259 e. The lowest BCUT2D eigenvalue weighted by atomic mass is 10.1. The molecule has 0 bridgehead atoms. The summed E-state index contributed by atoms with van der Waals surface area (Å²) in [7, 11) is 0. The molecular formula is C30H13Cl8N5O3. The SMILES string of the molecule is O=C1NC(=Nc2ccc(N=C3NC(=O)c4c(Cl)c(Cl)c(Cl)c(Cl)c43)cc2)c2c(Cl)c(Cl)c(Cl)c(Cl)c21.O=C1NCc2ccccc21. The Balaban J connectivity index is 0.000000314. The molecule has 232 valence electrons. The Kier molecular flexibility index (Phi) is 9.19. The van der Waals surface area contributed by atoms with Crippen LogP contribution in [-0.2, 0) is 6.54 Å². The van der Waals surface area contributed by atoms with Crippen molar-refractivity contribution in [3.8, 4) is 0 Å². The standard InChI is InChI=1S/C22H6Cl8N4O2.C8H7NO/c23-11-7-9(13(25)17(29)15(11)27)21(35)33-19(7)31-5-1-2-6(4-3-5)32-20-8-10(22(36)34-20)14(26)18(30)16(28)12(8)24;10-8-7-4-2-1-3-6(7)5-9-8/h1-4H,(H,31,33,35)(H,32,34,36);1-4H,5H2,(H,9,10). The number of halogens is 8. The fraction of sp³-hybridized carbons (Fsp3) is 0.0333. The number of rotatable bonds is 2. The molecule has 4 aromatic carbocycles. The first-order valence-electron chi connectivity index (χ1n) is 12.9. The lowest BCUT2D eigenvalue weighted by molar-refractivity contribution is 0.0961. The highest BCUT2D eigenvalue weighted by molar-refractivity contribution is 6.56. The summed E-state index contributed by atoms with van der Waals surface area (Å²) in [5, 5.41) is 8.01. The molecule has 0 radical (unpaired) electrons. The Hall–Kier alpha value is -3.05. The van der Waals surface area contributed by atoms with Gasteiger partial charge in [-0.2, -0.15) is 0 Å². The summed E-state index contributed by atoms with van der Waals surface area (Å²) >= 11 is 49.5. The zero-order valence-corrected chi connectivity index (χ0v) is 28.5. The van der Waals surface area contributed by atoms with Gasteiger partial charge in [0.2, 0.25) is 0 Å². The fourth-order valence-corrected chi connectivity index (χ4v) is 6.85. The van der Waals surface area contributed by atoms with Gasteiger partial charge in [0, 0.05) is 12.1 Å². The number of carbonyl (C=O) groups excluding carboxylic acids is 3. The van der Waals surface area contributed by atoms with Gasteiger partial charge in [0.1, 0.15) is 11.7 Å². The van der Waals surface area contributed by atoms with Gasteiger partial charge in [0.15, 0.2) is 0 Å². The van der Waals surface area contributed by atoms with Gasteiger partial charge in [-0.3, -0.25) is 14.4 Å². The van der Waals surface area contributed by atoms with Gasteiger partial charge >= 0.3 is 0 Å². The van der Waals surface area contributed by atoms with Crippen LogP contribution in [0.4, 0.5) is 11.4 Å². The molecule has 0 atom stereocenters. The monoisotopic (exact) mass is 771 g/mol. The molecule has 0 fully saturated rings. The van der Waals surface area contributed by atoms with E-state index in [2.05, 4.69) is 25.9 Å². The fourth-order valence-electron chi connectivity index (χ4n) is 4.79. The molecule has 3 aliphatic heterocycles. The van der Waals surface area contributed by atoms with E-state index in [1.54, 1.807) is 24.3 Å². The first kappa shape index (κ1) is 32.9. The molecular weight excluding hydrogens is 762 g/mol. The van der Waals surface area contributed by atoms with Crippen molar-refractivity contribution in [2.24, 2.45) is 9.98 Å². The van der Waals surface area contributed by atoms with Crippen molar-refractivity contribution in [1.29, 1.82) is 0 Å². The lowest BCUT2D eigenvalue weighted by Crippen LogP contribution is -2.21. The highest BCUT2D eigenvalue weighted by Gasteiger charge is 2.35. The number of aliphatic imine (C=N–C) groups is 2. The number of nitrogens with zero attached hydrogens (tertiary/aromatic N) is 2. The topological polar surface area (TPSA) is 112 Å². The zero-order chi connectivity index (χ0) is 33.0. The van der Waals surface area contributed by atoms with Gasteiger partial charge in [-0.25, -0.2) is 9.98 Å². The maximum atomic E-state index is 12.4. The summed E-state index contributed by atoms with van der Waals surface area (Å²) < 4.78 is 0. The number of amides is 3. The van der Waals surface area contributed by atoms with Crippen molar-refractivity contribution in [3.63, 3.8) is 0 Å². The number of hydrogen-bond acceptors (Lipinski definition) is 5. The van der Waals surface area contributed by atoms with E-state index in [1.165, 1.54) is 0 Å². The Bertz CT molecular complexity index is 1980. The molecule has 8 nitrogen and oxygen atoms in total. The van der Waals surface area contributed by atoms with Crippen LogP contribution in [0, 0.1) is 0 Å². The number of benzene rings is 4. The number of amidine groups is 2. The second-order valence-electron chi connectivity index (χ2n) is 9.70. The largest absolute Gasteiger partial charge is 0.348 e. The Morgan fingerprint density at radius 3 is 1.28 bits per heavy atom. The van der Waals surface area contributed by atoms with E-state index in [4.69, 9.17) is 92.8 Å². The van der Waals surface area contributed by atoms with Gasteiger partial charge < -0.3 is 16.0 Å². The molecule has 3 heterocycles. The number of hydrogen-bond donors (Lipinski definition) is 3. The number of carbonyl (C=O) groups is 3. The third-order valence-corrected chi connectivity index (χ3v) is 10.6. The highest BCUT2D eigenvalue weighted by Crippen LogP contribution is 2.45. The number of fused-ring (bicyclic) bond motifs is 3. The van der Waals surface area contributed by atoms with Gasteiger partial charge in [-0.05, 0) is 35.9 Å². The summed E-state index contributed by atoms with van der Waals surface area (Å²) in [5.41, 5.74) is 3.50. The van der Waals surface area contributed by atoms with Crippen molar-refractivity contribution in [3.05, 3.63) is 122 Å². The van der Waals surface area contributed by atoms with Crippen LogP contribution >= 0.6 is 92.8 Å². The molecule has 3 aliphatic rings. The molecule has 0 saturated carbocycles. The zero-order valence-electron chi connectivity index (χ0n) is 22.5. The Labute approximate surface area is 300 Å². The van der Waals surface area contributed by atoms with Crippen molar-refractivity contribution >= 4 is 134 Å². The molecule has 3 amide bonds. The molecule has 0 spiro atoms. The van der Waals surface area contributed by atoms with Crippen molar-refractivity contribution in [2.75, 3.05) is 0 Å². The maximum Gasteiger partial charge on any atom is 0.259 e. The normalized spacial score (nSPS) is 16.0. The minimum absolute atomic E-state index is 0.0107. The molecule has 0 unspecified atom stereocenters. The highest BCUT2D eigenvalue weighted by atomic mass is 35.5. The summed E-state index contributed by atoms with van der Waals surface area (Å²) in [5.74, 6) is -0.658. The Morgan fingerprint density at radius 1 is 0.478 bits per heavy atom. The van der Waals surface area contributed by atoms with E-state index in [0.29, 0.717) is 17.9 Å².